The number of carboxylic acid groups (broad SMARTS) is 1. The number of carboxylic acids is 1. The van der Waals surface area contributed by atoms with E-state index in [0.29, 0.717) is 20.9 Å². The third-order valence-electron chi connectivity index (χ3n) is 3.36. The Kier molecular flexibility index (Phi) is 3.49. The molecule has 1 aromatic heterocycles. The molecule has 1 N–H and O–H groups in total. The lowest BCUT2D eigenvalue weighted by atomic mass is 10.2. The van der Waals surface area contributed by atoms with Gasteiger partial charge in [-0.3, -0.25) is 4.79 Å². The van der Waals surface area contributed by atoms with Crippen LogP contribution in [-0.2, 0) is 4.79 Å². The van der Waals surface area contributed by atoms with Gasteiger partial charge in [0.15, 0.2) is 0 Å². The van der Waals surface area contributed by atoms with Crippen molar-refractivity contribution < 1.29 is 14.7 Å². The van der Waals surface area contributed by atoms with Gasteiger partial charge < -0.3 is 10.0 Å². The molecule has 1 saturated heterocycles. The van der Waals surface area contributed by atoms with E-state index in [1.807, 2.05) is 0 Å². The molecule has 7 heteroatoms. The molecule has 0 bridgehead atoms. The molecule has 2 unspecified atom stereocenters. The van der Waals surface area contributed by atoms with Gasteiger partial charge in [0.2, 0.25) is 0 Å². The van der Waals surface area contributed by atoms with E-state index in [0.717, 1.165) is 12.8 Å². The molecule has 0 radical (unpaired) electrons. The first kappa shape index (κ1) is 13.3. The van der Waals surface area contributed by atoms with Gasteiger partial charge in [0.05, 0.1) is 14.6 Å². The number of rotatable bonds is 3. The molecule has 0 spiro atoms. The van der Waals surface area contributed by atoms with Crippen LogP contribution in [0.3, 0.4) is 0 Å². The van der Waals surface area contributed by atoms with Crippen LogP contribution in [0.1, 0.15) is 22.5 Å². The van der Waals surface area contributed by atoms with Gasteiger partial charge in [0.25, 0.3) is 5.91 Å². The number of carbonyl (C=O) groups is 2. The number of aliphatic carboxylic acids is 1. The Hall–Kier alpha value is -0.720. The van der Waals surface area contributed by atoms with E-state index in [2.05, 4.69) is 0 Å². The predicted octanol–water partition coefficient (Wildman–Crippen LogP) is 2.78. The zero-order valence-electron chi connectivity index (χ0n) is 9.91. The lowest BCUT2D eigenvalue weighted by molar-refractivity contribution is -0.141. The summed E-state index contributed by atoms with van der Waals surface area (Å²) in [5, 5.41) is 9.28. The van der Waals surface area contributed by atoms with Crippen molar-refractivity contribution in [2.75, 3.05) is 5.75 Å². The van der Waals surface area contributed by atoms with Gasteiger partial charge in [0.1, 0.15) is 6.04 Å². The number of thiophene rings is 1. The van der Waals surface area contributed by atoms with Gasteiger partial charge in [-0.05, 0) is 30.9 Å². The first-order chi connectivity index (χ1) is 9.08. The van der Waals surface area contributed by atoms with Gasteiger partial charge in [0, 0.05) is 5.75 Å². The second kappa shape index (κ2) is 5.00. The molecule has 0 aromatic carbocycles. The highest BCUT2D eigenvalue weighted by Gasteiger charge is 2.48. The van der Waals surface area contributed by atoms with Gasteiger partial charge in [-0.1, -0.05) is 11.6 Å². The van der Waals surface area contributed by atoms with Crippen LogP contribution in [0.15, 0.2) is 12.1 Å². The fourth-order valence-electron chi connectivity index (χ4n) is 2.28. The minimum Gasteiger partial charge on any atom is -0.480 e. The second-order valence-corrected chi connectivity index (χ2v) is 7.60. The number of nitrogens with zero attached hydrogens (tertiary/aromatic N) is 1. The fraction of sp³-hybridized carbons (Fsp3) is 0.500. The fourth-order valence-corrected chi connectivity index (χ4v) is 4.89. The van der Waals surface area contributed by atoms with Crippen molar-refractivity contribution >= 4 is 46.6 Å². The normalized spacial score (nSPS) is 26.7. The Balaban J connectivity index is 1.88. The van der Waals surface area contributed by atoms with Gasteiger partial charge >= 0.3 is 5.97 Å². The summed E-state index contributed by atoms with van der Waals surface area (Å²) in [6.45, 7) is 0. The van der Waals surface area contributed by atoms with Crippen molar-refractivity contribution in [3.05, 3.63) is 21.3 Å². The predicted molar refractivity (Wildman–Crippen MR) is 75.9 cm³/mol. The van der Waals surface area contributed by atoms with Crippen LogP contribution in [0.5, 0.6) is 0 Å². The van der Waals surface area contributed by atoms with Crippen LogP contribution in [-0.4, -0.2) is 39.1 Å². The van der Waals surface area contributed by atoms with Crippen molar-refractivity contribution in [1.82, 2.24) is 4.90 Å². The molecule has 2 heterocycles. The first-order valence-electron chi connectivity index (χ1n) is 6.00. The highest BCUT2D eigenvalue weighted by atomic mass is 35.5. The summed E-state index contributed by atoms with van der Waals surface area (Å²) in [6.07, 6.45) is 2.16. The van der Waals surface area contributed by atoms with Gasteiger partial charge in [-0.15, -0.1) is 23.1 Å². The Labute approximate surface area is 123 Å². The van der Waals surface area contributed by atoms with Crippen molar-refractivity contribution in [1.29, 1.82) is 0 Å². The van der Waals surface area contributed by atoms with E-state index >= 15 is 0 Å². The number of hydrogen-bond donors (Lipinski definition) is 1. The van der Waals surface area contributed by atoms with Crippen molar-refractivity contribution in [3.8, 4) is 0 Å². The van der Waals surface area contributed by atoms with Crippen LogP contribution in [0, 0.1) is 5.92 Å². The Bertz CT molecular complexity index is 529. The summed E-state index contributed by atoms with van der Waals surface area (Å²) < 4.78 is 0.546. The monoisotopic (exact) mass is 317 g/mol. The van der Waals surface area contributed by atoms with Crippen LogP contribution in [0.4, 0.5) is 0 Å². The van der Waals surface area contributed by atoms with Crippen LogP contribution >= 0.6 is 34.7 Å². The maximum Gasteiger partial charge on any atom is 0.327 e. The molecule has 102 valence electrons. The highest BCUT2D eigenvalue weighted by molar-refractivity contribution is 8.00. The number of thioether (sulfide) groups is 1. The molecule has 1 aliphatic carbocycles. The summed E-state index contributed by atoms with van der Waals surface area (Å²) in [4.78, 5) is 25.9. The van der Waals surface area contributed by atoms with Crippen molar-refractivity contribution in [2.24, 2.45) is 5.92 Å². The third-order valence-corrected chi connectivity index (χ3v) is 6.04. The van der Waals surface area contributed by atoms with Gasteiger partial charge in [-0.2, -0.15) is 0 Å². The zero-order chi connectivity index (χ0) is 13.6. The molecule has 2 atom stereocenters. The molecule has 3 rings (SSSR count). The topological polar surface area (TPSA) is 57.6 Å². The molecule has 1 aliphatic heterocycles. The van der Waals surface area contributed by atoms with Crippen LogP contribution in [0.2, 0.25) is 4.34 Å². The molecule has 2 fully saturated rings. The summed E-state index contributed by atoms with van der Waals surface area (Å²) in [5.41, 5.74) is 0. The number of hydrogen-bond acceptors (Lipinski definition) is 4. The van der Waals surface area contributed by atoms with E-state index in [-0.39, 0.29) is 11.3 Å². The standard InChI is InChI=1S/C12H12ClNO3S2/c13-9-4-3-8(19-9)10(15)14-7(12(16)17)5-18-11(14)6-1-2-6/h3-4,6-7,11H,1-2,5H2,(H,16,17). The zero-order valence-corrected chi connectivity index (χ0v) is 12.3. The van der Waals surface area contributed by atoms with E-state index in [1.165, 1.54) is 11.3 Å². The van der Waals surface area contributed by atoms with Crippen LogP contribution in [0.25, 0.3) is 0 Å². The van der Waals surface area contributed by atoms with Crippen LogP contribution < -0.4 is 0 Å². The quantitative estimate of drug-likeness (QED) is 0.931. The maximum atomic E-state index is 12.5. The number of amides is 1. The summed E-state index contributed by atoms with van der Waals surface area (Å²) in [7, 11) is 0. The second-order valence-electron chi connectivity index (χ2n) is 4.73. The summed E-state index contributed by atoms with van der Waals surface area (Å²) >= 11 is 8.63. The Morgan fingerprint density at radius 3 is 2.63 bits per heavy atom. The first-order valence-corrected chi connectivity index (χ1v) is 8.24. The summed E-state index contributed by atoms with van der Waals surface area (Å²) in [5.74, 6) is -0.201. The average molecular weight is 318 g/mol. The maximum absolute atomic E-state index is 12.5. The third kappa shape index (κ3) is 2.49. The highest BCUT2D eigenvalue weighted by Crippen LogP contribution is 2.46. The Morgan fingerprint density at radius 2 is 2.11 bits per heavy atom. The average Bonchev–Trinajstić information content (AvgIpc) is 2.96. The molecule has 2 aliphatic rings. The molecular weight excluding hydrogens is 306 g/mol. The van der Waals surface area contributed by atoms with Crippen molar-refractivity contribution in [2.45, 2.75) is 24.3 Å². The minimum atomic E-state index is -0.924. The Morgan fingerprint density at radius 1 is 1.37 bits per heavy atom. The molecule has 1 amide bonds. The van der Waals surface area contributed by atoms with E-state index < -0.39 is 12.0 Å². The molecule has 19 heavy (non-hydrogen) atoms. The van der Waals surface area contributed by atoms with E-state index in [4.69, 9.17) is 11.6 Å². The molecule has 1 aromatic rings. The molecular formula is C12H12ClNO3S2. The van der Waals surface area contributed by atoms with E-state index in [1.54, 1.807) is 28.8 Å². The lowest BCUT2D eigenvalue weighted by Gasteiger charge is -2.26. The van der Waals surface area contributed by atoms with Crippen molar-refractivity contribution in [3.63, 3.8) is 0 Å². The SMILES string of the molecule is O=C(O)C1CSC(C2CC2)N1C(=O)c1ccc(Cl)s1. The molecule has 4 nitrogen and oxygen atoms in total. The van der Waals surface area contributed by atoms with E-state index in [9.17, 15) is 14.7 Å². The minimum absolute atomic E-state index is 0.00877. The van der Waals surface area contributed by atoms with Gasteiger partial charge in [-0.25, -0.2) is 4.79 Å². The smallest absolute Gasteiger partial charge is 0.327 e. The lowest BCUT2D eigenvalue weighted by Crippen LogP contribution is -2.46. The number of carbonyl (C=O) groups excluding carboxylic acids is 1. The largest absolute Gasteiger partial charge is 0.480 e. The molecule has 1 saturated carbocycles. The summed E-state index contributed by atoms with van der Waals surface area (Å²) in [6, 6.07) is 2.62. The number of halogens is 1.